The molecule has 0 aliphatic rings. The molecule has 3 rings (SSSR count). The number of rotatable bonds is 2. The van der Waals surface area contributed by atoms with E-state index < -0.39 is 5.91 Å². The lowest BCUT2D eigenvalue weighted by Gasteiger charge is -2.06. The molecule has 106 valence electrons. The number of carbonyl (C=O) groups is 1. The summed E-state index contributed by atoms with van der Waals surface area (Å²) in [6.07, 6.45) is 0. The van der Waals surface area contributed by atoms with Crippen LogP contribution in [0.25, 0.3) is 11.0 Å². The largest absolute Gasteiger partial charge is 0.508 e. The Labute approximate surface area is 124 Å². The van der Waals surface area contributed by atoms with E-state index in [1.807, 2.05) is 0 Å². The van der Waals surface area contributed by atoms with Crippen molar-refractivity contribution >= 4 is 34.2 Å². The van der Waals surface area contributed by atoms with Crippen LogP contribution < -0.4 is 5.32 Å². The molecule has 1 heterocycles. The second-order valence-electron chi connectivity index (χ2n) is 4.45. The number of H-pyrrole nitrogens is 1. The highest BCUT2D eigenvalue weighted by Crippen LogP contribution is 2.23. The molecule has 0 atom stereocenters. The molecule has 1 amide bonds. The van der Waals surface area contributed by atoms with Crippen LogP contribution in [0.4, 0.5) is 5.69 Å². The molecular formula is C14H10ClN3O3. The monoisotopic (exact) mass is 303 g/mol. The second kappa shape index (κ2) is 4.99. The number of nitrogens with zero attached hydrogens (tertiary/aromatic N) is 1. The third kappa shape index (κ3) is 2.75. The summed E-state index contributed by atoms with van der Waals surface area (Å²) in [4.78, 5) is 19.0. The van der Waals surface area contributed by atoms with Gasteiger partial charge in [0.1, 0.15) is 11.5 Å². The second-order valence-corrected chi connectivity index (χ2v) is 4.81. The van der Waals surface area contributed by atoms with Crippen LogP contribution in [0.1, 0.15) is 10.4 Å². The first-order chi connectivity index (χ1) is 10.0. The van der Waals surface area contributed by atoms with Gasteiger partial charge in [0.15, 0.2) is 0 Å². The van der Waals surface area contributed by atoms with Gasteiger partial charge in [-0.1, -0.05) is 0 Å². The summed E-state index contributed by atoms with van der Waals surface area (Å²) in [5.74, 6) is -0.821. The molecule has 0 spiro atoms. The first-order valence-electron chi connectivity index (χ1n) is 6.01. The lowest BCUT2D eigenvalue weighted by molar-refractivity contribution is 0.102. The zero-order chi connectivity index (χ0) is 15.0. The highest BCUT2D eigenvalue weighted by atomic mass is 35.5. The predicted molar refractivity (Wildman–Crippen MR) is 78.8 cm³/mol. The molecule has 0 aliphatic carbocycles. The molecule has 3 aromatic rings. The zero-order valence-corrected chi connectivity index (χ0v) is 11.3. The number of nitrogens with one attached hydrogen (secondary N) is 2. The number of amides is 1. The van der Waals surface area contributed by atoms with Crippen molar-refractivity contribution in [1.82, 2.24) is 9.97 Å². The number of aromatic amines is 1. The highest BCUT2D eigenvalue weighted by molar-refractivity contribution is 6.29. The number of benzene rings is 2. The van der Waals surface area contributed by atoms with Crippen molar-refractivity contribution in [3.8, 4) is 11.5 Å². The summed E-state index contributed by atoms with van der Waals surface area (Å²) >= 11 is 5.76. The fraction of sp³-hybridized carbons (Fsp3) is 0. The van der Waals surface area contributed by atoms with Gasteiger partial charge in [-0.15, -0.1) is 0 Å². The molecule has 7 heteroatoms. The van der Waals surface area contributed by atoms with Crippen LogP contribution in [0.3, 0.4) is 0 Å². The quantitative estimate of drug-likeness (QED) is 0.585. The summed E-state index contributed by atoms with van der Waals surface area (Å²) < 4.78 is 0. The standard InChI is InChI=1S/C14H10ClN3O3/c15-14-17-11-2-1-8(5-12(11)18-14)16-13(21)7-3-9(19)6-10(20)4-7/h1-6,19-20H,(H,16,21)(H,17,18). The number of halogens is 1. The zero-order valence-electron chi connectivity index (χ0n) is 10.6. The van der Waals surface area contributed by atoms with Crippen LogP contribution in [-0.2, 0) is 0 Å². The number of imidazole rings is 1. The van der Waals surface area contributed by atoms with Gasteiger partial charge in [-0.05, 0) is 41.9 Å². The van der Waals surface area contributed by atoms with Crippen LogP contribution in [0.5, 0.6) is 11.5 Å². The normalized spacial score (nSPS) is 10.7. The van der Waals surface area contributed by atoms with Gasteiger partial charge in [0.2, 0.25) is 5.28 Å². The van der Waals surface area contributed by atoms with Crippen LogP contribution >= 0.6 is 11.6 Å². The van der Waals surface area contributed by atoms with E-state index in [1.54, 1.807) is 18.2 Å². The minimum atomic E-state index is -0.453. The Balaban J connectivity index is 1.88. The third-order valence-corrected chi connectivity index (χ3v) is 3.05. The maximum atomic E-state index is 12.1. The van der Waals surface area contributed by atoms with E-state index in [9.17, 15) is 15.0 Å². The summed E-state index contributed by atoms with van der Waals surface area (Å²) in [6.45, 7) is 0. The Bertz CT molecular complexity index is 824. The van der Waals surface area contributed by atoms with Crippen molar-refractivity contribution < 1.29 is 15.0 Å². The Morgan fingerprint density at radius 2 is 1.86 bits per heavy atom. The van der Waals surface area contributed by atoms with Crippen molar-refractivity contribution in [2.24, 2.45) is 0 Å². The van der Waals surface area contributed by atoms with Crippen molar-refractivity contribution in [2.75, 3.05) is 5.32 Å². The number of aromatic hydroxyl groups is 2. The summed E-state index contributed by atoms with van der Waals surface area (Å²) in [5.41, 5.74) is 2.07. The third-order valence-electron chi connectivity index (χ3n) is 2.88. The van der Waals surface area contributed by atoms with E-state index in [2.05, 4.69) is 15.3 Å². The van der Waals surface area contributed by atoms with E-state index in [-0.39, 0.29) is 22.3 Å². The summed E-state index contributed by atoms with van der Waals surface area (Å²) in [7, 11) is 0. The van der Waals surface area contributed by atoms with Gasteiger partial charge in [-0.2, -0.15) is 0 Å². The lowest BCUT2D eigenvalue weighted by Crippen LogP contribution is -2.11. The molecule has 4 N–H and O–H groups in total. The lowest BCUT2D eigenvalue weighted by atomic mass is 10.2. The maximum absolute atomic E-state index is 12.1. The van der Waals surface area contributed by atoms with Crippen molar-refractivity contribution in [1.29, 1.82) is 0 Å². The molecule has 6 nitrogen and oxygen atoms in total. The van der Waals surface area contributed by atoms with Crippen molar-refractivity contribution in [3.05, 3.63) is 47.2 Å². The number of hydrogen-bond donors (Lipinski definition) is 4. The first-order valence-corrected chi connectivity index (χ1v) is 6.39. The van der Waals surface area contributed by atoms with E-state index >= 15 is 0 Å². The number of carbonyl (C=O) groups excluding carboxylic acids is 1. The van der Waals surface area contributed by atoms with E-state index in [0.29, 0.717) is 16.7 Å². The number of anilines is 1. The van der Waals surface area contributed by atoms with E-state index in [4.69, 9.17) is 11.6 Å². The van der Waals surface area contributed by atoms with Gasteiger partial charge < -0.3 is 20.5 Å². The number of fused-ring (bicyclic) bond motifs is 1. The molecule has 0 saturated carbocycles. The maximum Gasteiger partial charge on any atom is 0.255 e. The van der Waals surface area contributed by atoms with Crippen LogP contribution in [0.2, 0.25) is 5.28 Å². The Kier molecular flexibility index (Phi) is 3.15. The molecule has 0 aliphatic heterocycles. The predicted octanol–water partition coefficient (Wildman–Crippen LogP) is 2.88. The van der Waals surface area contributed by atoms with E-state index in [1.165, 1.54) is 12.1 Å². The van der Waals surface area contributed by atoms with Crippen LogP contribution in [-0.4, -0.2) is 26.1 Å². The summed E-state index contributed by atoms with van der Waals surface area (Å²) in [6, 6.07) is 8.76. The van der Waals surface area contributed by atoms with Crippen LogP contribution in [0, 0.1) is 0 Å². The smallest absolute Gasteiger partial charge is 0.255 e. The van der Waals surface area contributed by atoms with Gasteiger partial charge in [0, 0.05) is 17.3 Å². The van der Waals surface area contributed by atoms with Crippen molar-refractivity contribution in [2.45, 2.75) is 0 Å². The number of phenols is 2. The SMILES string of the molecule is O=C(Nc1ccc2nc(Cl)[nH]c2c1)c1cc(O)cc(O)c1. The molecule has 0 radical (unpaired) electrons. The minimum Gasteiger partial charge on any atom is -0.508 e. The molecule has 0 bridgehead atoms. The minimum absolute atomic E-state index is 0.148. The molecule has 0 saturated heterocycles. The van der Waals surface area contributed by atoms with Gasteiger partial charge in [0.05, 0.1) is 11.0 Å². The van der Waals surface area contributed by atoms with E-state index in [0.717, 1.165) is 6.07 Å². The van der Waals surface area contributed by atoms with Gasteiger partial charge in [-0.25, -0.2) is 4.98 Å². The number of hydrogen-bond acceptors (Lipinski definition) is 4. The molecule has 1 aromatic heterocycles. The topological polar surface area (TPSA) is 98.2 Å². The molecule has 2 aromatic carbocycles. The Hall–Kier alpha value is -2.73. The average molecular weight is 304 g/mol. The first kappa shape index (κ1) is 13.3. The molecule has 0 unspecified atom stereocenters. The number of aromatic nitrogens is 2. The van der Waals surface area contributed by atoms with Gasteiger partial charge in [0.25, 0.3) is 5.91 Å². The Morgan fingerprint density at radius 1 is 1.14 bits per heavy atom. The highest BCUT2D eigenvalue weighted by Gasteiger charge is 2.10. The van der Waals surface area contributed by atoms with Gasteiger partial charge in [-0.3, -0.25) is 4.79 Å². The van der Waals surface area contributed by atoms with Gasteiger partial charge >= 0.3 is 0 Å². The Morgan fingerprint density at radius 3 is 2.57 bits per heavy atom. The molecule has 21 heavy (non-hydrogen) atoms. The molecular weight excluding hydrogens is 294 g/mol. The van der Waals surface area contributed by atoms with Crippen molar-refractivity contribution in [3.63, 3.8) is 0 Å². The summed E-state index contributed by atoms with van der Waals surface area (Å²) in [5, 5.41) is 21.7. The molecule has 0 fully saturated rings. The average Bonchev–Trinajstić information content (AvgIpc) is 2.77. The fourth-order valence-electron chi connectivity index (χ4n) is 1.99. The number of phenolic OH excluding ortho intramolecular Hbond substituents is 2. The van der Waals surface area contributed by atoms with Crippen LogP contribution in [0.15, 0.2) is 36.4 Å². The fourth-order valence-corrected chi connectivity index (χ4v) is 2.18.